The van der Waals surface area contributed by atoms with Crippen molar-refractivity contribution in [2.24, 2.45) is 0 Å². The zero-order valence-corrected chi connectivity index (χ0v) is 15.7. The minimum Gasteiger partial charge on any atom is -0.454 e. The smallest absolute Gasteiger partial charge is 0.345 e. The number of ketones is 1. The van der Waals surface area contributed by atoms with Gasteiger partial charge in [-0.15, -0.1) is 0 Å². The summed E-state index contributed by atoms with van der Waals surface area (Å²) in [7, 11) is 0. The first-order valence-electron chi connectivity index (χ1n) is 8.68. The van der Waals surface area contributed by atoms with Crippen LogP contribution in [0.5, 0.6) is 0 Å². The van der Waals surface area contributed by atoms with Crippen molar-refractivity contribution in [1.82, 2.24) is 4.57 Å². The third-order valence-corrected chi connectivity index (χ3v) is 4.47. The topological polar surface area (TPSA) is 91.4 Å². The van der Waals surface area contributed by atoms with E-state index in [-0.39, 0.29) is 17.1 Å². The third kappa shape index (κ3) is 4.06. The Hall–Kier alpha value is -3.81. The number of rotatable bonds is 6. The first-order chi connectivity index (χ1) is 13.8. The quantitative estimate of drug-likeness (QED) is 0.270. The standard InChI is InChI=1S/C21H17FN2O5/c1-13-11-18(14(2)23(13)16-9-7-15(22)8-10-16)20(25)12-29-21(26)17-5-3-4-6-19(17)24(27)28/h3-11H,12H2,1-2H3. The lowest BCUT2D eigenvalue weighted by atomic mass is 10.1. The lowest BCUT2D eigenvalue weighted by molar-refractivity contribution is -0.385. The van der Waals surface area contributed by atoms with Crippen LogP contribution in [0.3, 0.4) is 0 Å². The number of nitro benzene ring substituents is 1. The van der Waals surface area contributed by atoms with Gasteiger partial charge in [-0.2, -0.15) is 0 Å². The Kier molecular flexibility index (Phi) is 5.54. The number of nitro groups is 1. The van der Waals surface area contributed by atoms with Crippen molar-refractivity contribution in [2.45, 2.75) is 13.8 Å². The van der Waals surface area contributed by atoms with E-state index in [1.807, 2.05) is 0 Å². The highest BCUT2D eigenvalue weighted by Crippen LogP contribution is 2.22. The molecule has 8 heteroatoms. The van der Waals surface area contributed by atoms with Crippen molar-refractivity contribution in [3.63, 3.8) is 0 Å². The Balaban J connectivity index is 1.79. The molecule has 0 aliphatic carbocycles. The van der Waals surface area contributed by atoms with E-state index in [4.69, 9.17) is 4.74 Å². The molecule has 0 aliphatic heterocycles. The van der Waals surface area contributed by atoms with Crippen LogP contribution in [0.25, 0.3) is 5.69 Å². The molecule has 0 radical (unpaired) electrons. The lowest BCUT2D eigenvalue weighted by Gasteiger charge is -2.10. The van der Waals surface area contributed by atoms with Gasteiger partial charge in [0.1, 0.15) is 11.4 Å². The maximum absolute atomic E-state index is 13.2. The van der Waals surface area contributed by atoms with Gasteiger partial charge >= 0.3 is 5.97 Å². The molecule has 3 rings (SSSR count). The Morgan fingerprint density at radius 1 is 1.07 bits per heavy atom. The minimum atomic E-state index is -0.946. The van der Waals surface area contributed by atoms with Gasteiger partial charge in [-0.05, 0) is 50.2 Å². The maximum atomic E-state index is 13.2. The predicted molar refractivity (Wildman–Crippen MR) is 103 cm³/mol. The van der Waals surface area contributed by atoms with Crippen molar-refractivity contribution in [1.29, 1.82) is 0 Å². The van der Waals surface area contributed by atoms with Gasteiger partial charge in [-0.1, -0.05) is 12.1 Å². The number of Topliss-reactive ketones (excluding diaryl/α,β-unsaturated/α-hetero) is 1. The van der Waals surface area contributed by atoms with E-state index in [1.54, 1.807) is 36.6 Å². The molecular weight excluding hydrogens is 379 g/mol. The van der Waals surface area contributed by atoms with E-state index in [1.165, 1.54) is 36.4 Å². The molecule has 2 aromatic carbocycles. The van der Waals surface area contributed by atoms with Crippen LogP contribution < -0.4 is 0 Å². The first-order valence-corrected chi connectivity index (χ1v) is 8.68. The molecule has 0 amide bonds. The molecule has 148 valence electrons. The highest BCUT2D eigenvalue weighted by Gasteiger charge is 2.23. The monoisotopic (exact) mass is 396 g/mol. The molecule has 3 aromatic rings. The van der Waals surface area contributed by atoms with E-state index < -0.39 is 23.3 Å². The van der Waals surface area contributed by atoms with Crippen molar-refractivity contribution in [2.75, 3.05) is 6.61 Å². The van der Waals surface area contributed by atoms with E-state index in [2.05, 4.69) is 0 Å². The van der Waals surface area contributed by atoms with Crippen molar-refractivity contribution in [3.8, 4) is 5.69 Å². The number of hydrogen-bond donors (Lipinski definition) is 0. The van der Waals surface area contributed by atoms with E-state index in [0.717, 1.165) is 5.69 Å². The fourth-order valence-corrected chi connectivity index (χ4v) is 3.12. The van der Waals surface area contributed by atoms with Gasteiger partial charge < -0.3 is 9.30 Å². The number of benzene rings is 2. The maximum Gasteiger partial charge on any atom is 0.345 e. The normalized spacial score (nSPS) is 10.6. The molecule has 0 bridgehead atoms. The van der Waals surface area contributed by atoms with Crippen LogP contribution in [0.15, 0.2) is 54.6 Å². The van der Waals surface area contributed by atoms with Crippen molar-refractivity contribution >= 4 is 17.4 Å². The summed E-state index contributed by atoms with van der Waals surface area (Å²) in [6.07, 6.45) is 0. The SMILES string of the molecule is Cc1cc(C(=O)COC(=O)c2ccccc2[N+](=O)[O-])c(C)n1-c1ccc(F)cc1. The number of ether oxygens (including phenoxy) is 1. The second-order valence-corrected chi connectivity index (χ2v) is 6.37. The van der Waals surface area contributed by atoms with Crippen LogP contribution in [0.1, 0.15) is 32.1 Å². The van der Waals surface area contributed by atoms with Crippen molar-refractivity contribution in [3.05, 3.63) is 93.0 Å². The summed E-state index contributed by atoms with van der Waals surface area (Å²) >= 11 is 0. The van der Waals surface area contributed by atoms with Gasteiger partial charge in [-0.3, -0.25) is 14.9 Å². The summed E-state index contributed by atoms with van der Waals surface area (Å²) in [6, 6.07) is 12.9. The second kappa shape index (κ2) is 8.05. The summed E-state index contributed by atoms with van der Waals surface area (Å²) in [5.41, 5.74) is 1.80. The highest BCUT2D eigenvalue weighted by molar-refractivity contribution is 6.01. The number of halogens is 1. The molecule has 0 N–H and O–H groups in total. The number of hydrogen-bond acceptors (Lipinski definition) is 5. The van der Waals surface area contributed by atoms with Crippen molar-refractivity contribution < 1.29 is 23.6 Å². The molecule has 1 heterocycles. The number of aromatic nitrogens is 1. The van der Waals surface area contributed by atoms with Crippen LogP contribution in [0, 0.1) is 29.8 Å². The molecular formula is C21H17FN2O5. The van der Waals surface area contributed by atoms with Gasteiger partial charge in [0, 0.05) is 28.7 Å². The summed E-state index contributed by atoms with van der Waals surface area (Å²) in [5.74, 6) is -1.76. The summed E-state index contributed by atoms with van der Waals surface area (Å²) in [6.45, 7) is 2.97. The third-order valence-electron chi connectivity index (χ3n) is 4.47. The van der Waals surface area contributed by atoms with E-state index >= 15 is 0 Å². The molecule has 0 spiro atoms. The Labute approximate surface area is 165 Å². The van der Waals surface area contributed by atoms with Gasteiger partial charge in [0.2, 0.25) is 5.78 Å². The van der Waals surface area contributed by atoms with E-state index in [0.29, 0.717) is 16.9 Å². The number of carbonyl (C=O) groups is 2. The fraction of sp³-hybridized carbons (Fsp3) is 0.143. The predicted octanol–water partition coefficient (Wildman–Crippen LogP) is 4.18. The van der Waals surface area contributed by atoms with E-state index in [9.17, 15) is 24.1 Å². The Morgan fingerprint density at radius 3 is 2.38 bits per heavy atom. The van der Waals surface area contributed by atoms with Gasteiger partial charge in [0.25, 0.3) is 5.69 Å². The molecule has 0 unspecified atom stereocenters. The van der Waals surface area contributed by atoms with Crippen LogP contribution in [-0.2, 0) is 4.74 Å². The average Bonchev–Trinajstić information content (AvgIpc) is 3.00. The summed E-state index contributed by atoms with van der Waals surface area (Å²) in [4.78, 5) is 35.1. The molecule has 0 saturated carbocycles. The number of nitrogens with zero attached hydrogens (tertiary/aromatic N) is 2. The highest BCUT2D eigenvalue weighted by atomic mass is 19.1. The van der Waals surface area contributed by atoms with Crippen LogP contribution in [0.2, 0.25) is 0 Å². The molecule has 7 nitrogen and oxygen atoms in total. The van der Waals surface area contributed by atoms with Gasteiger partial charge in [0.05, 0.1) is 4.92 Å². The average molecular weight is 396 g/mol. The molecule has 0 fully saturated rings. The van der Waals surface area contributed by atoms with Crippen LogP contribution in [0.4, 0.5) is 10.1 Å². The zero-order chi connectivity index (χ0) is 21.1. The van der Waals surface area contributed by atoms with Gasteiger partial charge in [0.15, 0.2) is 6.61 Å². The fourth-order valence-electron chi connectivity index (χ4n) is 3.12. The van der Waals surface area contributed by atoms with Gasteiger partial charge in [-0.25, -0.2) is 9.18 Å². The molecule has 29 heavy (non-hydrogen) atoms. The minimum absolute atomic E-state index is 0.220. The van der Waals surface area contributed by atoms with Crippen LogP contribution in [-0.4, -0.2) is 27.8 Å². The molecule has 1 aromatic heterocycles. The number of para-hydroxylation sites is 1. The van der Waals surface area contributed by atoms with Crippen LogP contribution >= 0.6 is 0 Å². The Morgan fingerprint density at radius 2 is 1.72 bits per heavy atom. The number of carbonyl (C=O) groups excluding carboxylic acids is 2. The lowest BCUT2D eigenvalue weighted by Crippen LogP contribution is -2.16. The molecule has 0 atom stereocenters. The largest absolute Gasteiger partial charge is 0.454 e. The zero-order valence-electron chi connectivity index (χ0n) is 15.7. The number of aryl methyl sites for hydroxylation is 1. The molecule has 0 aliphatic rings. The summed E-state index contributed by atoms with van der Waals surface area (Å²) < 4.78 is 20.0. The molecule has 0 saturated heterocycles. The first kappa shape index (κ1) is 19.9. The Bertz CT molecular complexity index is 1100. The number of esters is 1. The second-order valence-electron chi connectivity index (χ2n) is 6.37. The summed E-state index contributed by atoms with van der Waals surface area (Å²) in [5, 5.41) is 11.0.